The second-order valence-corrected chi connectivity index (χ2v) is 4.27. The summed E-state index contributed by atoms with van der Waals surface area (Å²) in [7, 11) is 0. The fourth-order valence-electron chi connectivity index (χ4n) is 2.53. The smallest absolute Gasteiger partial charge is 0.0580 e. The van der Waals surface area contributed by atoms with Crippen molar-refractivity contribution in [3.63, 3.8) is 0 Å². The maximum atomic E-state index is 9.62. The van der Waals surface area contributed by atoms with E-state index in [1.165, 1.54) is 38.8 Å². The molecule has 0 bridgehead atoms. The molecule has 1 saturated heterocycles. The van der Waals surface area contributed by atoms with Crippen molar-refractivity contribution in [2.75, 3.05) is 19.6 Å². The lowest BCUT2D eigenvalue weighted by atomic mass is 10.1. The van der Waals surface area contributed by atoms with E-state index in [4.69, 9.17) is 0 Å². The van der Waals surface area contributed by atoms with Crippen LogP contribution in [0.3, 0.4) is 0 Å². The SMILES string of the molecule is O[C@H]1CCC[C@@H]1CN1CCCC1. The van der Waals surface area contributed by atoms with E-state index in [9.17, 15) is 5.11 Å². The Kier molecular flexibility index (Phi) is 2.66. The van der Waals surface area contributed by atoms with Gasteiger partial charge < -0.3 is 10.0 Å². The van der Waals surface area contributed by atoms with Gasteiger partial charge in [0, 0.05) is 6.54 Å². The third kappa shape index (κ3) is 1.80. The van der Waals surface area contributed by atoms with Gasteiger partial charge in [-0.2, -0.15) is 0 Å². The molecule has 1 aliphatic carbocycles. The van der Waals surface area contributed by atoms with Gasteiger partial charge in [0.15, 0.2) is 0 Å². The molecule has 0 radical (unpaired) electrons. The molecule has 1 saturated carbocycles. The van der Waals surface area contributed by atoms with E-state index in [-0.39, 0.29) is 6.10 Å². The van der Waals surface area contributed by atoms with Gasteiger partial charge in [0.1, 0.15) is 0 Å². The van der Waals surface area contributed by atoms with Crippen LogP contribution in [0.5, 0.6) is 0 Å². The molecule has 2 atom stereocenters. The summed E-state index contributed by atoms with van der Waals surface area (Å²) in [6.45, 7) is 3.69. The van der Waals surface area contributed by atoms with E-state index in [1.807, 2.05) is 0 Å². The fraction of sp³-hybridized carbons (Fsp3) is 1.00. The Morgan fingerprint density at radius 1 is 1.08 bits per heavy atom. The summed E-state index contributed by atoms with van der Waals surface area (Å²) in [5.41, 5.74) is 0. The number of likely N-dealkylation sites (tertiary alicyclic amines) is 1. The molecule has 0 amide bonds. The van der Waals surface area contributed by atoms with Gasteiger partial charge in [-0.25, -0.2) is 0 Å². The van der Waals surface area contributed by atoms with E-state index in [1.54, 1.807) is 0 Å². The van der Waals surface area contributed by atoms with Crippen LogP contribution >= 0.6 is 0 Å². The maximum absolute atomic E-state index is 9.62. The summed E-state index contributed by atoms with van der Waals surface area (Å²) in [6, 6.07) is 0. The molecule has 0 aromatic carbocycles. The molecule has 2 nitrogen and oxygen atoms in total. The standard InChI is InChI=1S/C10H19NO/c12-10-5-3-4-9(10)8-11-6-1-2-7-11/h9-10,12H,1-8H2/t9-,10+/m1/s1. The normalized spacial score (nSPS) is 37.8. The third-order valence-corrected chi connectivity index (χ3v) is 3.31. The molecule has 2 fully saturated rings. The molecule has 70 valence electrons. The average molecular weight is 169 g/mol. The van der Waals surface area contributed by atoms with E-state index in [0.717, 1.165) is 13.0 Å². The number of aliphatic hydroxyl groups excluding tert-OH is 1. The molecule has 12 heavy (non-hydrogen) atoms. The Morgan fingerprint density at radius 3 is 2.42 bits per heavy atom. The van der Waals surface area contributed by atoms with Gasteiger partial charge in [0.25, 0.3) is 0 Å². The van der Waals surface area contributed by atoms with Gasteiger partial charge in [0.2, 0.25) is 0 Å². The first-order chi connectivity index (χ1) is 5.86. The fourth-order valence-corrected chi connectivity index (χ4v) is 2.53. The molecule has 0 aromatic rings. The Morgan fingerprint density at radius 2 is 1.83 bits per heavy atom. The predicted octanol–water partition coefficient (Wildman–Crippen LogP) is 1.24. The summed E-state index contributed by atoms with van der Waals surface area (Å²) < 4.78 is 0. The monoisotopic (exact) mass is 169 g/mol. The molecular formula is C10H19NO. The minimum Gasteiger partial charge on any atom is -0.393 e. The predicted molar refractivity (Wildman–Crippen MR) is 49.0 cm³/mol. The topological polar surface area (TPSA) is 23.5 Å². The van der Waals surface area contributed by atoms with Crippen LogP contribution in [0.25, 0.3) is 0 Å². The number of hydrogen-bond donors (Lipinski definition) is 1. The van der Waals surface area contributed by atoms with Crippen molar-refractivity contribution in [3.05, 3.63) is 0 Å². The first-order valence-electron chi connectivity index (χ1n) is 5.26. The van der Waals surface area contributed by atoms with Gasteiger partial charge in [-0.3, -0.25) is 0 Å². The van der Waals surface area contributed by atoms with Crippen LogP contribution in [0, 0.1) is 5.92 Å². The number of aliphatic hydroxyl groups is 1. The molecule has 2 aliphatic rings. The minimum absolute atomic E-state index is 0.00519. The van der Waals surface area contributed by atoms with Gasteiger partial charge >= 0.3 is 0 Å². The largest absolute Gasteiger partial charge is 0.393 e. The van der Waals surface area contributed by atoms with Crippen LogP contribution in [0.4, 0.5) is 0 Å². The van der Waals surface area contributed by atoms with Crippen LogP contribution in [-0.2, 0) is 0 Å². The molecule has 2 heteroatoms. The number of hydrogen-bond acceptors (Lipinski definition) is 2. The first-order valence-corrected chi connectivity index (χ1v) is 5.26. The van der Waals surface area contributed by atoms with Crippen molar-refractivity contribution in [1.82, 2.24) is 4.90 Å². The summed E-state index contributed by atoms with van der Waals surface area (Å²) >= 11 is 0. The van der Waals surface area contributed by atoms with Crippen LogP contribution in [0.2, 0.25) is 0 Å². The van der Waals surface area contributed by atoms with Crippen molar-refractivity contribution in [1.29, 1.82) is 0 Å². The van der Waals surface area contributed by atoms with Crippen molar-refractivity contribution in [2.24, 2.45) is 5.92 Å². The first kappa shape index (κ1) is 8.52. The molecular weight excluding hydrogens is 150 g/mol. The second kappa shape index (κ2) is 3.75. The zero-order valence-electron chi connectivity index (χ0n) is 7.71. The van der Waals surface area contributed by atoms with Crippen LogP contribution in [0.15, 0.2) is 0 Å². The highest BCUT2D eigenvalue weighted by atomic mass is 16.3. The molecule has 0 aromatic heterocycles. The highest BCUT2D eigenvalue weighted by Crippen LogP contribution is 2.27. The summed E-state index contributed by atoms with van der Waals surface area (Å²) in [5.74, 6) is 0.586. The summed E-state index contributed by atoms with van der Waals surface area (Å²) in [6.07, 6.45) is 6.26. The molecule has 2 rings (SSSR count). The van der Waals surface area contributed by atoms with Crippen molar-refractivity contribution >= 4 is 0 Å². The molecule has 0 unspecified atom stereocenters. The van der Waals surface area contributed by atoms with Crippen LogP contribution in [0.1, 0.15) is 32.1 Å². The van der Waals surface area contributed by atoms with E-state index in [0.29, 0.717) is 5.92 Å². The van der Waals surface area contributed by atoms with Gasteiger partial charge in [-0.05, 0) is 44.7 Å². The van der Waals surface area contributed by atoms with E-state index < -0.39 is 0 Å². The lowest BCUT2D eigenvalue weighted by molar-refractivity contribution is 0.109. The Bertz CT molecular complexity index is 143. The van der Waals surface area contributed by atoms with E-state index >= 15 is 0 Å². The van der Waals surface area contributed by atoms with Crippen LogP contribution < -0.4 is 0 Å². The molecule has 0 spiro atoms. The zero-order chi connectivity index (χ0) is 8.39. The lowest BCUT2D eigenvalue weighted by Gasteiger charge is -2.21. The maximum Gasteiger partial charge on any atom is 0.0580 e. The average Bonchev–Trinajstić information content (AvgIpc) is 2.65. The highest BCUT2D eigenvalue weighted by molar-refractivity contribution is 4.80. The quantitative estimate of drug-likeness (QED) is 0.672. The molecule has 1 N–H and O–H groups in total. The van der Waals surface area contributed by atoms with Gasteiger partial charge in [0.05, 0.1) is 6.10 Å². The Labute approximate surface area is 74.6 Å². The Balaban J connectivity index is 1.77. The zero-order valence-corrected chi connectivity index (χ0v) is 7.71. The van der Waals surface area contributed by atoms with Crippen molar-refractivity contribution in [2.45, 2.75) is 38.2 Å². The summed E-state index contributed by atoms with van der Waals surface area (Å²) in [4.78, 5) is 2.51. The molecule has 1 aliphatic heterocycles. The number of nitrogens with zero attached hydrogens (tertiary/aromatic N) is 1. The third-order valence-electron chi connectivity index (χ3n) is 3.31. The molecule has 1 heterocycles. The Hall–Kier alpha value is -0.0800. The van der Waals surface area contributed by atoms with Gasteiger partial charge in [-0.15, -0.1) is 0 Å². The number of rotatable bonds is 2. The van der Waals surface area contributed by atoms with E-state index in [2.05, 4.69) is 4.90 Å². The second-order valence-electron chi connectivity index (χ2n) is 4.27. The van der Waals surface area contributed by atoms with Gasteiger partial charge in [-0.1, -0.05) is 6.42 Å². The minimum atomic E-state index is 0.00519. The van der Waals surface area contributed by atoms with Crippen LogP contribution in [-0.4, -0.2) is 35.7 Å². The van der Waals surface area contributed by atoms with Crippen molar-refractivity contribution < 1.29 is 5.11 Å². The highest BCUT2D eigenvalue weighted by Gasteiger charge is 2.27. The lowest BCUT2D eigenvalue weighted by Crippen LogP contribution is -2.30. The summed E-state index contributed by atoms with van der Waals surface area (Å²) in [5, 5.41) is 9.62. The van der Waals surface area contributed by atoms with Crippen molar-refractivity contribution in [3.8, 4) is 0 Å².